The molecule has 2 fully saturated rings. The molecule has 120 valence electrons. The molecule has 3 aliphatic rings. The molecule has 0 saturated carbocycles. The highest BCUT2D eigenvalue weighted by molar-refractivity contribution is 5.91. The van der Waals surface area contributed by atoms with Crippen LogP contribution in [0.3, 0.4) is 0 Å². The minimum absolute atomic E-state index is 0.133. The molecule has 0 aromatic rings. The van der Waals surface area contributed by atoms with Gasteiger partial charge in [-0.25, -0.2) is 0 Å². The average molecular weight is 297 g/mol. The molecule has 0 amide bonds. The van der Waals surface area contributed by atoms with E-state index in [0.717, 1.165) is 18.6 Å². The number of ether oxygens (including phenoxy) is 4. The topological polar surface area (TPSA) is 49.3 Å². The fourth-order valence-corrected chi connectivity index (χ4v) is 3.47. The number of rotatable bonds is 5. The zero-order valence-corrected chi connectivity index (χ0v) is 13.5. The Balaban J connectivity index is 1.76. The Kier molecular flexibility index (Phi) is 4.37. The monoisotopic (exact) mass is 297 g/mol. The Hall–Kier alpha value is -0.490. The molecular weight excluding hydrogens is 270 g/mol. The third kappa shape index (κ3) is 2.54. The molecule has 3 aliphatic heterocycles. The normalized spacial score (nSPS) is 42.0. The lowest BCUT2D eigenvalue weighted by molar-refractivity contribution is -0.209. The molecule has 21 heavy (non-hydrogen) atoms. The third-order valence-electron chi connectivity index (χ3n) is 4.74. The van der Waals surface area contributed by atoms with Gasteiger partial charge in [0.25, 0.3) is 0 Å². The van der Waals surface area contributed by atoms with Crippen LogP contribution in [0.4, 0.5) is 0 Å². The molecule has 3 rings (SSSR count). The molecule has 3 heterocycles. The summed E-state index contributed by atoms with van der Waals surface area (Å²) in [6.07, 6.45) is 1.87. The summed E-state index contributed by atoms with van der Waals surface area (Å²) in [5.41, 5.74) is 0.955. The molecule has 5 heteroatoms. The summed E-state index contributed by atoms with van der Waals surface area (Å²) in [4.78, 5) is 4.64. The summed E-state index contributed by atoms with van der Waals surface area (Å²) in [5, 5.41) is 0. The van der Waals surface area contributed by atoms with Crippen molar-refractivity contribution in [3.8, 4) is 0 Å². The molecule has 5 atom stereocenters. The second kappa shape index (κ2) is 5.95. The van der Waals surface area contributed by atoms with Crippen molar-refractivity contribution in [2.75, 3.05) is 19.8 Å². The number of fused-ring (bicyclic) bond motifs is 5. The van der Waals surface area contributed by atoms with Crippen molar-refractivity contribution in [2.45, 2.75) is 58.8 Å². The molecule has 0 aromatic heterocycles. The number of hydrogen-bond donors (Lipinski definition) is 0. The second-order valence-electron chi connectivity index (χ2n) is 6.64. The van der Waals surface area contributed by atoms with Crippen LogP contribution in [0, 0.1) is 17.8 Å². The molecule has 0 N–H and O–H groups in total. The van der Waals surface area contributed by atoms with Gasteiger partial charge in [0.15, 0.2) is 12.5 Å². The van der Waals surface area contributed by atoms with Crippen molar-refractivity contribution in [3.63, 3.8) is 0 Å². The van der Waals surface area contributed by atoms with E-state index < -0.39 is 5.79 Å². The molecule has 5 nitrogen and oxygen atoms in total. The van der Waals surface area contributed by atoms with E-state index >= 15 is 0 Å². The van der Waals surface area contributed by atoms with Gasteiger partial charge in [0.2, 0.25) is 5.79 Å². The van der Waals surface area contributed by atoms with E-state index in [2.05, 4.69) is 25.8 Å². The lowest BCUT2D eigenvalue weighted by atomic mass is 9.83. The molecule has 0 aromatic carbocycles. The van der Waals surface area contributed by atoms with Crippen LogP contribution in [0.1, 0.15) is 40.5 Å². The summed E-state index contributed by atoms with van der Waals surface area (Å²) in [5.74, 6) is 0.0840. The van der Waals surface area contributed by atoms with E-state index in [0.29, 0.717) is 25.7 Å². The van der Waals surface area contributed by atoms with E-state index in [1.54, 1.807) is 0 Å². The van der Waals surface area contributed by atoms with Crippen molar-refractivity contribution in [1.29, 1.82) is 0 Å². The second-order valence-corrected chi connectivity index (χ2v) is 6.64. The lowest BCUT2D eigenvalue weighted by Crippen LogP contribution is -2.48. The number of hydrogen-bond acceptors (Lipinski definition) is 5. The van der Waals surface area contributed by atoms with Crippen LogP contribution in [0.15, 0.2) is 4.99 Å². The van der Waals surface area contributed by atoms with E-state index in [1.165, 1.54) is 0 Å². The number of unbranched alkanes of at least 4 members (excludes halogenated alkanes) is 1. The highest BCUT2D eigenvalue weighted by Gasteiger charge is 2.62. The Morgan fingerprint density at radius 2 is 2.10 bits per heavy atom. The smallest absolute Gasteiger partial charge is 0.215 e. The van der Waals surface area contributed by atoms with Gasteiger partial charge >= 0.3 is 0 Å². The van der Waals surface area contributed by atoms with E-state index in [9.17, 15) is 0 Å². The van der Waals surface area contributed by atoms with E-state index in [4.69, 9.17) is 18.9 Å². The predicted octanol–water partition coefficient (Wildman–Crippen LogP) is 2.59. The molecule has 0 aliphatic carbocycles. The van der Waals surface area contributed by atoms with Crippen molar-refractivity contribution in [1.82, 2.24) is 0 Å². The molecule has 3 unspecified atom stereocenters. The highest BCUT2D eigenvalue weighted by Crippen LogP contribution is 2.49. The zero-order chi connectivity index (χ0) is 15.0. The predicted molar refractivity (Wildman–Crippen MR) is 79.1 cm³/mol. The first kappa shape index (κ1) is 15.4. The minimum Gasteiger partial charge on any atom is -0.352 e. The average Bonchev–Trinajstić information content (AvgIpc) is 2.80. The molecule has 0 radical (unpaired) electrons. The number of nitrogens with zero attached hydrogens (tertiary/aromatic N) is 1. The first-order valence-electron chi connectivity index (χ1n) is 8.18. The summed E-state index contributed by atoms with van der Waals surface area (Å²) >= 11 is 0. The Morgan fingerprint density at radius 1 is 1.33 bits per heavy atom. The first-order chi connectivity index (χ1) is 10.1. The fourth-order valence-electron chi connectivity index (χ4n) is 3.47. The Morgan fingerprint density at radius 3 is 2.81 bits per heavy atom. The lowest BCUT2D eigenvalue weighted by Gasteiger charge is -2.34. The molecule has 2 bridgehead atoms. The van der Waals surface area contributed by atoms with Gasteiger partial charge in [-0.15, -0.1) is 0 Å². The summed E-state index contributed by atoms with van der Waals surface area (Å²) < 4.78 is 24.2. The van der Waals surface area contributed by atoms with Gasteiger partial charge in [-0.2, -0.15) is 0 Å². The van der Waals surface area contributed by atoms with Crippen molar-refractivity contribution < 1.29 is 18.9 Å². The van der Waals surface area contributed by atoms with E-state index in [-0.39, 0.29) is 24.4 Å². The van der Waals surface area contributed by atoms with Crippen molar-refractivity contribution >= 4 is 5.71 Å². The van der Waals surface area contributed by atoms with Crippen LogP contribution >= 0.6 is 0 Å². The molecule has 0 spiro atoms. The standard InChI is InChI=1S/C16H27NO4/c1-5-6-7-20-16-11(4)17-14(21-16)12-8-18-15(10(2)3)19-9-13(12)16/h10,12-15H,5-9H2,1-4H3/t12?,13?,14-,15?,16-/m1/s1. The fraction of sp³-hybridized carbons (Fsp3) is 0.938. The SMILES string of the molecule is CCCCO[C@@]12O[C@@H](N=C1C)C1COC(C(C)C)OCC12. The summed E-state index contributed by atoms with van der Waals surface area (Å²) in [6, 6.07) is 0. The van der Waals surface area contributed by atoms with Crippen LogP contribution in [-0.4, -0.2) is 43.8 Å². The van der Waals surface area contributed by atoms with Crippen LogP contribution in [0.5, 0.6) is 0 Å². The molecular formula is C16H27NO4. The number of aliphatic imine (C=N–C) groups is 1. The van der Waals surface area contributed by atoms with Crippen LogP contribution in [-0.2, 0) is 18.9 Å². The summed E-state index contributed by atoms with van der Waals surface area (Å²) in [7, 11) is 0. The maximum absolute atomic E-state index is 6.17. The van der Waals surface area contributed by atoms with Gasteiger partial charge in [-0.05, 0) is 13.3 Å². The Labute approximate surface area is 127 Å². The van der Waals surface area contributed by atoms with Crippen molar-refractivity contribution in [3.05, 3.63) is 0 Å². The van der Waals surface area contributed by atoms with Crippen molar-refractivity contribution in [2.24, 2.45) is 22.7 Å². The van der Waals surface area contributed by atoms with Gasteiger partial charge in [0.05, 0.1) is 31.5 Å². The van der Waals surface area contributed by atoms with Crippen LogP contribution in [0.25, 0.3) is 0 Å². The van der Waals surface area contributed by atoms with Crippen LogP contribution < -0.4 is 0 Å². The van der Waals surface area contributed by atoms with Gasteiger partial charge < -0.3 is 18.9 Å². The first-order valence-corrected chi connectivity index (χ1v) is 8.18. The van der Waals surface area contributed by atoms with Gasteiger partial charge in [-0.1, -0.05) is 27.2 Å². The maximum atomic E-state index is 6.17. The van der Waals surface area contributed by atoms with Crippen LogP contribution in [0.2, 0.25) is 0 Å². The Bertz CT molecular complexity index is 411. The highest BCUT2D eigenvalue weighted by atomic mass is 16.7. The largest absolute Gasteiger partial charge is 0.352 e. The molecule has 2 saturated heterocycles. The van der Waals surface area contributed by atoms with E-state index in [1.807, 2.05) is 6.92 Å². The van der Waals surface area contributed by atoms with Gasteiger partial charge in [-0.3, -0.25) is 4.99 Å². The van der Waals surface area contributed by atoms with Gasteiger partial charge in [0, 0.05) is 11.8 Å². The quantitative estimate of drug-likeness (QED) is 0.732. The summed E-state index contributed by atoms with van der Waals surface area (Å²) in [6.45, 7) is 10.4. The van der Waals surface area contributed by atoms with Gasteiger partial charge in [0.1, 0.15) is 0 Å². The zero-order valence-electron chi connectivity index (χ0n) is 13.5. The third-order valence-corrected chi connectivity index (χ3v) is 4.74. The maximum Gasteiger partial charge on any atom is 0.215 e. The minimum atomic E-state index is -0.681.